The minimum atomic E-state index is 0.0865. The monoisotopic (exact) mass is 554 g/mol. The van der Waals surface area contributed by atoms with Gasteiger partial charge in [-0.05, 0) is 49.9 Å². The van der Waals surface area contributed by atoms with Crippen molar-refractivity contribution in [3.05, 3.63) is 68.7 Å². The third-order valence-corrected chi connectivity index (χ3v) is 4.78. The molecule has 0 aliphatic heterocycles. The standard InChI is InChI=1S/C12H17ClN4O.C8H7ClO.C4H12N4O/c1-3-7-18-17-12(14)16-15-8-10-9(2)5-4-6-11(10)13;1-6-3-2-4-8(9)7(6)5-10;1-2-3-9-8-4(5)7-6/h4-6,8H,3,7H2,1-2H3,(H3,14,16,17);2-5H,1H3;2-3,6H2,1H3,(H3,5,7,8)/b15-8+;;. The number of nitrogens with one attached hydrogen (secondary N) is 2. The molecule has 0 radical (unpaired) electrons. The van der Waals surface area contributed by atoms with Gasteiger partial charge in [-0.25, -0.2) is 11.0 Å². The highest BCUT2D eigenvalue weighted by molar-refractivity contribution is 6.33. The molecule has 11 nitrogen and oxygen atoms in total. The Labute approximate surface area is 228 Å². The number of rotatable bonds is 9. The van der Waals surface area contributed by atoms with Crippen LogP contribution in [0.4, 0.5) is 0 Å². The molecule has 37 heavy (non-hydrogen) atoms. The van der Waals surface area contributed by atoms with Crippen molar-refractivity contribution in [3.63, 3.8) is 0 Å². The highest BCUT2D eigenvalue weighted by Gasteiger charge is 2.00. The Kier molecular flexibility index (Phi) is 18.9. The van der Waals surface area contributed by atoms with Crippen LogP contribution >= 0.6 is 23.2 Å². The molecule has 13 heteroatoms. The van der Waals surface area contributed by atoms with Crippen LogP contribution in [-0.2, 0) is 9.68 Å². The van der Waals surface area contributed by atoms with Gasteiger partial charge in [0.15, 0.2) is 6.29 Å². The summed E-state index contributed by atoms with van der Waals surface area (Å²) in [6.45, 7) is 8.93. The quantitative estimate of drug-likeness (QED) is 0.0775. The number of hydrazone groups is 1. The lowest BCUT2D eigenvalue weighted by atomic mass is 10.1. The van der Waals surface area contributed by atoms with Crippen LogP contribution in [0.3, 0.4) is 0 Å². The van der Waals surface area contributed by atoms with E-state index in [1.165, 1.54) is 0 Å². The molecular formula is C24H36Cl2N8O3. The van der Waals surface area contributed by atoms with Gasteiger partial charge in [0.2, 0.25) is 11.9 Å². The molecule has 0 saturated heterocycles. The number of benzene rings is 2. The van der Waals surface area contributed by atoms with E-state index in [2.05, 4.69) is 26.3 Å². The van der Waals surface area contributed by atoms with Crippen molar-refractivity contribution in [1.82, 2.24) is 11.0 Å². The van der Waals surface area contributed by atoms with E-state index in [1.807, 2.05) is 52.0 Å². The number of halogens is 2. The van der Waals surface area contributed by atoms with Crippen LogP contribution in [0, 0.1) is 13.8 Å². The smallest absolute Gasteiger partial charge is 0.237 e. The number of carbonyl (C=O) groups is 1. The number of guanidine groups is 2. The summed E-state index contributed by atoms with van der Waals surface area (Å²) >= 11 is 11.7. The summed E-state index contributed by atoms with van der Waals surface area (Å²) in [7, 11) is 0. The molecule has 2 aromatic carbocycles. The molecule has 0 bridgehead atoms. The summed E-state index contributed by atoms with van der Waals surface area (Å²) in [5.74, 6) is 4.96. The molecule has 0 aromatic heterocycles. The molecule has 0 fully saturated rings. The van der Waals surface area contributed by atoms with Crippen LogP contribution in [0.5, 0.6) is 0 Å². The summed E-state index contributed by atoms with van der Waals surface area (Å²) in [4.78, 5) is 20.1. The maximum atomic E-state index is 10.4. The predicted octanol–water partition coefficient (Wildman–Crippen LogP) is 3.80. The van der Waals surface area contributed by atoms with Gasteiger partial charge in [-0.2, -0.15) is 5.10 Å². The lowest BCUT2D eigenvalue weighted by molar-refractivity contribution is 0.0845. The Hall–Kier alpha value is -3.38. The van der Waals surface area contributed by atoms with Gasteiger partial charge in [0, 0.05) is 16.1 Å². The average molecular weight is 556 g/mol. The number of nitrogens with zero attached hydrogens (tertiary/aromatic N) is 3. The van der Waals surface area contributed by atoms with E-state index >= 15 is 0 Å². The van der Waals surface area contributed by atoms with Crippen molar-refractivity contribution in [3.8, 4) is 0 Å². The molecule has 0 aliphatic carbocycles. The Bertz CT molecular complexity index is 993. The van der Waals surface area contributed by atoms with Crippen molar-refractivity contribution in [1.29, 1.82) is 0 Å². The fraction of sp³-hybridized carbons (Fsp3) is 0.333. The zero-order valence-electron chi connectivity index (χ0n) is 21.5. The Balaban J connectivity index is 0.000000577. The van der Waals surface area contributed by atoms with Gasteiger partial charge in [0.05, 0.1) is 24.5 Å². The molecule has 0 spiro atoms. The van der Waals surface area contributed by atoms with Crippen molar-refractivity contribution < 1.29 is 14.5 Å². The van der Waals surface area contributed by atoms with Gasteiger partial charge in [-0.3, -0.25) is 14.5 Å². The van der Waals surface area contributed by atoms with Crippen LogP contribution in [-0.4, -0.2) is 37.6 Å². The lowest BCUT2D eigenvalue weighted by Crippen LogP contribution is -2.32. The van der Waals surface area contributed by atoms with Gasteiger partial charge < -0.3 is 17.3 Å². The number of hydroxylamine groups is 2. The van der Waals surface area contributed by atoms with Crippen LogP contribution in [0.2, 0.25) is 10.0 Å². The van der Waals surface area contributed by atoms with Crippen LogP contribution in [0.15, 0.2) is 51.7 Å². The second-order valence-electron chi connectivity index (χ2n) is 7.20. The molecule has 2 aromatic rings. The molecule has 0 unspecified atom stereocenters. The van der Waals surface area contributed by atoms with Crippen LogP contribution in [0.1, 0.15) is 53.7 Å². The maximum Gasteiger partial charge on any atom is 0.237 e. The van der Waals surface area contributed by atoms with Crippen LogP contribution in [0.25, 0.3) is 0 Å². The molecule has 8 N–H and O–H groups in total. The van der Waals surface area contributed by atoms with E-state index in [0.29, 0.717) is 28.8 Å². The van der Waals surface area contributed by atoms with E-state index < -0.39 is 0 Å². The number of hydrogen-bond acceptors (Lipinski definition) is 7. The third-order valence-electron chi connectivity index (χ3n) is 4.12. The predicted molar refractivity (Wildman–Crippen MR) is 152 cm³/mol. The second-order valence-corrected chi connectivity index (χ2v) is 8.02. The molecule has 0 amide bonds. The number of hydrogen-bond donors (Lipinski definition) is 5. The first-order valence-electron chi connectivity index (χ1n) is 11.3. The SMILES string of the molecule is CCCONC(N)=N/N=C/c1c(C)cccc1Cl.CCCONC(N)=NN.Cc1cccc(Cl)c1C=O. The molecule has 0 saturated carbocycles. The molecular weight excluding hydrogens is 519 g/mol. The van der Waals surface area contributed by atoms with Crippen molar-refractivity contribution in [2.75, 3.05) is 13.2 Å². The maximum absolute atomic E-state index is 10.4. The minimum absolute atomic E-state index is 0.0865. The second kappa shape index (κ2) is 20.8. The Morgan fingerprint density at radius 3 is 1.78 bits per heavy atom. The van der Waals surface area contributed by atoms with Crippen molar-refractivity contribution in [2.24, 2.45) is 32.6 Å². The van der Waals surface area contributed by atoms with Gasteiger partial charge in [-0.1, -0.05) is 61.3 Å². The Morgan fingerprint density at radius 2 is 1.38 bits per heavy atom. The zero-order chi connectivity index (χ0) is 28.1. The summed E-state index contributed by atoms with van der Waals surface area (Å²) in [5, 5.41) is 11.9. The van der Waals surface area contributed by atoms with Gasteiger partial charge in [0.1, 0.15) is 0 Å². The summed E-state index contributed by atoms with van der Waals surface area (Å²) in [5.41, 5.74) is 18.8. The fourth-order valence-electron chi connectivity index (χ4n) is 2.25. The summed E-state index contributed by atoms with van der Waals surface area (Å²) in [6, 6.07) is 11.0. The summed E-state index contributed by atoms with van der Waals surface area (Å²) < 4.78 is 0. The average Bonchev–Trinajstić information content (AvgIpc) is 2.87. The van der Waals surface area contributed by atoms with Gasteiger partial charge >= 0.3 is 0 Å². The molecule has 0 atom stereocenters. The van der Waals surface area contributed by atoms with E-state index in [-0.39, 0.29) is 11.9 Å². The zero-order valence-corrected chi connectivity index (χ0v) is 23.0. The van der Waals surface area contributed by atoms with E-state index in [0.717, 1.165) is 35.8 Å². The third kappa shape index (κ3) is 15.4. The van der Waals surface area contributed by atoms with Gasteiger partial charge in [-0.15, -0.1) is 10.2 Å². The first-order valence-corrected chi connectivity index (χ1v) is 12.1. The topological polar surface area (TPSA) is 175 Å². The lowest BCUT2D eigenvalue weighted by Gasteiger charge is -2.03. The summed E-state index contributed by atoms with van der Waals surface area (Å²) in [6.07, 6.45) is 4.15. The fourth-order valence-corrected chi connectivity index (χ4v) is 2.79. The number of nitrogens with two attached hydrogens (primary N) is 3. The van der Waals surface area contributed by atoms with Crippen molar-refractivity contribution >= 4 is 47.6 Å². The first-order chi connectivity index (χ1) is 17.7. The minimum Gasteiger partial charge on any atom is -0.367 e. The molecule has 0 heterocycles. The largest absolute Gasteiger partial charge is 0.367 e. The number of aldehydes is 1. The highest BCUT2D eigenvalue weighted by Crippen LogP contribution is 2.17. The van der Waals surface area contributed by atoms with Gasteiger partial charge in [0.25, 0.3) is 0 Å². The van der Waals surface area contributed by atoms with E-state index in [4.69, 9.17) is 50.2 Å². The van der Waals surface area contributed by atoms with E-state index in [1.54, 1.807) is 18.3 Å². The molecule has 204 valence electrons. The number of carbonyl (C=O) groups excluding carboxylic acids is 1. The first kappa shape index (κ1) is 33.6. The normalized spacial score (nSPS) is 11.2. The van der Waals surface area contributed by atoms with E-state index in [9.17, 15) is 4.79 Å². The Morgan fingerprint density at radius 1 is 0.892 bits per heavy atom. The highest BCUT2D eigenvalue weighted by atomic mass is 35.5. The van der Waals surface area contributed by atoms with Crippen molar-refractivity contribution in [2.45, 2.75) is 40.5 Å². The molecule has 2 rings (SSSR count). The molecule has 0 aliphatic rings. The van der Waals surface area contributed by atoms with Crippen LogP contribution < -0.4 is 28.3 Å². The number of aryl methyl sites for hydroxylation is 2.